The molecule has 0 aliphatic carbocycles. The van der Waals surface area contributed by atoms with E-state index < -0.39 is 10.1 Å². The predicted octanol–water partition coefficient (Wildman–Crippen LogP) is 3.54. The normalized spacial score (nSPS) is 12.4. The van der Waals surface area contributed by atoms with E-state index in [4.69, 9.17) is 0 Å². The molecule has 5 rings (SSSR count). The Morgan fingerprint density at radius 3 is 2.27 bits per heavy atom. The topological polar surface area (TPSA) is 120 Å². The van der Waals surface area contributed by atoms with Crippen molar-refractivity contribution in [2.24, 2.45) is 0 Å². The van der Waals surface area contributed by atoms with Crippen molar-refractivity contribution in [2.45, 2.75) is 18.7 Å². The second kappa shape index (κ2) is 6.01. The molecule has 3 N–H and O–H groups in total. The Labute approximate surface area is 169 Å². The van der Waals surface area contributed by atoms with Crippen molar-refractivity contribution >= 4 is 53.7 Å². The molecule has 0 aliphatic heterocycles. The average molecular weight is 420 g/mol. The van der Waals surface area contributed by atoms with Crippen LogP contribution in [0.5, 0.6) is 0 Å². The minimum Gasteiger partial charge on any atom is -0.354 e. The van der Waals surface area contributed by atoms with Crippen LogP contribution < -0.4 is 10.9 Å². The zero-order valence-corrected chi connectivity index (χ0v) is 16.8. The Morgan fingerprint density at radius 1 is 0.767 bits per heavy atom. The van der Waals surface area contributed by atoms with E-state index in [0.717, 1.165) is 5.56 Å². The van der Waals surface area contributed by atoms with Gasteiger partial charge in [0.2, 0.25) is 0 Å². The molecule has 7 nitrogen and oxygen atoms in total. The molecule has 0 radical (unpaired) electrons. The van der Waals surface area contributed by atoms with Crippen molar-refractivity contribution in [1.82, 2.24) is 9.97 Å². The van der Waals surface area contributed by atoms with Crippen molar-refractivity contribution in [1.29, 1.82) is 0 Å². The first-order valence-electron chi connectivity index (χ1n) is 9.18. The van der Waals surface area contributed by atoms with Gasteiger partial charge in [-0.25, -0.2) is 0 Å². The van der Waals surface area contributed by atoms with Crippen LogP contribution in [-0.4, -0.2) is 22.9 Å². The smallest absolute Gasteiger partial charge is 0.294 e. The lowest BCUT2D eigenvalue weighted by Crippen LogP contribution is -2.11. The molecule has 2 aromatic heterocycles. The third-order valence-electron chi connectivity index (χ3n) is 5.53. The lowest BCUT2D eigenvalue weighted by molar-refractivity contribution is 0.483. The maximum Gasteiger partial charge on any atom is 0.294 e. The standard InChI is InChI=1S/C22H16N2O5S/c1-10-3-6-16-14(7-10)22(26)19-11(2)20-15(9-18(19)23-16)21(25)13-5-4-12(30(27,28)29)8-17(13)24-20/h3-9H,1-2H3,(H,23,26)(H,24,25)(H,27,28,29). The van der Waals surface area contributed by atoms with E-state index in [0.29, 0.717) is 38.3 Å². The lowest BCUT2D eigenvalue weighted by Gasteiger charge is -2.11. The molecule has 0 saturated heterocycles. The molecule has 5 aromatic rings. The fourth-order valence-electron chi connectivity index (χ4n) is 4.05. The van der Waals surface area contributed by atoms with Crippen LogP contribution in [0, 0.1) is 13.8 Å². The van der Waals surface area contributed by atoms with E-state index in [1.54, 1.807) is 13.0 Å². The van der Waals surface area contributed by atoms with Gasteiger partial charge in [0, 0.05) is 21.7 Å². The molecule has 0 spiro atoms. The van der Waals surface area contributed by atoms with Gasteiger partial charge in [0.05, 0.1) is 26.8 Å². The van der Waals surface area contributed by atoms with E-state index >= 15 is 0 Å². The number of rotatable bonds is 1. The average Bonchev–Trinajstić information content (AvgIpc) is 2.69. The van der Waals surface area contributed by atoms with Gasteiger partial charge in [-0.05, 0) is 55.8 Å². The molecule has 0 aliphatic rings. The first-order chi connectivity index (χ1) is 14.1. The molecule has 8 heteroatoms. The van der Waals surface area contributed by atoms with Gasteiger partial charge in [-0.15, -0.1) is 0 Å². The van der Waals surface area contributed by atoms with Crippen LogP contribution in [0.4, 0.5) is 0 Å². The number of nitrogens with one attached hydrogen (secondary N) is 2. The second-order valence-electron chi connectivity index (χ2n) is 7.49. The number of aromatic amines is 2. The summed E-state index contributed by atoms with van der Waals surface area (Å²) >= 11 is 0. The Balaban J connectivity index is 1.99. The highest BCUT2D eigenvalue weighted by molar-refractivity contribution is 7.85. The molecule has 0 fully saturated rings. The van der Waals surface area contributed by atoms with Gasteiger partial charge in [0.1, 0.15) is 0 Å². The maximum absolute atomic E-state index is 13.2. The Morgan fingerprint density at radius 2 is 1.53 bits per heavy atom. The first-order valence-corrected chi connectivity index (χ1v) is 10.6. The van der Waals surface area contributed by atoms with Crippen LogP contribution in [-0.2, 0) is 10.1 Å². The fourth-order valence-corrected chi connectivity index (χ4v) is 4.56. The summed E-state index contributed by atoms with van der Waals surface area (Å²) in [4.78, 5) is 32.3. The molecule has 0 saturated carbocycles. The van der Waals surface area contributed by atoms with Crippen LogP contribution >= 0.6 is 0 Å². The second-order valence-corrected chi connectivity index (χ2v) is 8.91. The number of fused-ring (bicyclic) bond motifs is 4. The molecule has 0 amide bonds. The molecule has 0 bridgehead atoms. The third-order valence-corrected chi connectivity index (χ3v) is 6.38. The number of pyridine rings is 2. The summed E-state index contributed by atoms with van der Waals surface area (Å²) in [7, 11) is -4.42. The largest absolute Gasteiger partial charge is 0.354 e. The number of benzene rings is 3. The molecule has 30 heavy (non-hydrogen) atoms. The Bertz CT molecular complexity index is 1780. The molecule has 0 atom stereocenters. The van der Waals surface area contributed by atoms with Gasteiger partial charge in [-0.3, -0.25) is 14.1 Å². The summed E-state index contributed by atoms with van der Waals surface area (Å²) in [6.07, 6.45) is 0. The van der Waals surface area contributed by atoms with Gasteiger partial charge in [-0.2, -0.15) is 8.42 Å². The van der Waals surface area contributed by atoms with E-state index in [1.807, 2.05) is 25.1 Å². The Hall–Kier alpha value is -3.49. The van der Waals surface area contributed by atoms with Crippen LogP contribution in [0.25, 0.3) is 43.6 Å². The number of hydrogen-bond donors (Lipinski definition) is 3. The highest BCUT2D eigenvalue weighted by atomic mass is 32.2. The van der Waals surface area contributed by atoms with Crippen molar-refractivity contribution in [3.05, 3.63) is 74.0 Å². The van der Waals surface area contributed by atoms with Gasteiger partial charge in [0.25, 0.3) is 10.1 Å². The van der Waals surface area contributed by atoms with Gasteiger partial charge >= 0.3 is 0 Å². The highest BCUT2D eigenvalue weighted by Crippen LogP contribution is 2.26. The zero-order chi connectivity index (χ0) is 21.4. The number of hydrogen-bond acceptors (Lipinski definition) is 4. The third kappa shape index (κ3) is 2.58. The summed E-state index contributed by atoms with van der Waals surface area (Å²) in [5.74, 6) is 0. The molecule has 0 unspecified atom stereocenters. The first kappa shape index (κ1) is 18.5. The molecule has 3 aromatic carbocycles. The van der Waals surface area contributed by atoms with Crippen molar-refractivity contribution in [2.75, 3.05) is 0 Å². The monoisotopic (exact) mass is 420 g/mol. The summed E-state index contributed by atoms with van der Waals surface area (Å²) in [5.41, 5.74) is 3.06. The molecular formula is C22H16N2O5S. The fraction of sp³-hybridized carbons (Fsp3) is 0.0909. The molecule has 2 heterocycles. The van der Waals surface area contributed by atoms with Crippen molar-refractivity contribution in [3.63, 3.8) is 0 Å². The highest BCUT2D eigenvalue weighted by Gasteiger charge is 2.16. The number of aryl methyl sites for hydroxylation is 2. The number of aromatic nitrogens is 2. The van der Waals surface area contributed by atoms with E-state index in [2.05, 4.69) is 9.97 Å². The van der Waals surface area contributed by atoms with E-state index in [-0.39, 0.29) is 26.7 Å². The SMILES string of the molecule is Cc1ccc2[nH]c3cc4c(=O)c5ccc(S(=O)(=O)O)cc5[nH]c4c(C)c3c(=O)c2c1. The minimum absolute atomic E-state index is 0.144. The van der Waals surface area contributed by atoms with E-state index in [9.17, 15) is 22.6 Å². The molecular weight excluding hydrogens is 404 g/mol. The van der Waals surface area contributed by atoms with Crippen LogP contribution in [0.3, 0.4) is 0 Å². The lowest BCUT2D eigenvalue weighted by atomic mass is 10.00. The van der Waals surface area contributed by atoms with Gasteiger partial charge < -0.3 is 9.97 Å². The predicted molar refractivity (Wildman–Crippen MR) is 117 cm³/mol. The van der Waals surface area contributed by atoms with Gasteiger partial charge in [-0.1, -0.05) is 11.6 Å². The van der Waals surface area contributed by atoms with Crippen LogP contribution in [0.2, 0.25) is 0 Å². The van der Waals surface area contributed by atoms with Gasteiger partial charge in [0.15, 0.2) is 10.9 Å². The Kier molecular flexibility index (Phi) is 3.71. The van der Waals surface area contributed by atoms with Crippen LogP contribution in [0.1, 0.15) is 11.1 Å². The maximum atomic E-state index is 13.2. The summed E-state index contributed by atoms with van der Waals surface area (Å²) in [6.45, 7) is 3.66. The van der Waals surface area contributed by atoms with Crippen LogP contribution in [0.15, 0.2) is 56.9 Å². The van der Waals surface area contributed by atoms with E-state index in [1.165, 1.54) is 18.2 Å². The molecule has 150 valence electrons. The van der Waals surface area contributed by atoms with Crippen molar-refractivity contribution < 1.29 is 13.0 Å². The summed E-state index contributed by atoms with van der Waals surface area (Å²) in [5, 5.41) is 1.69. The zero-order valence-electron chi connectivity index (χ0n) is 16.0. The van der Waals surface area contributed by atoms with Crippen molar-refractivity contribution in [3.8, 4) is 0 Å². The quantitative estimate of drug-likeness (QED) is 0.283. The summed E-state index contributed by atoms with van der Waals surface area (Å²) in [6, 6.07) is 11.0. The summed E-state index contributed by atoms with van der Waals surface area (Å²) < 4.78 is 32.3. The number of H-pyrrole nitrogens is 2. The minimum atomic E-state index is -4.42.